The van der Waals surface area contributed by atoms with Crippen molar-refractivity contribution in [2.45, 2.75) is 43.3 Å². The Balaban J connectivity index is 1.70. The van der Waals surface area contributed by atoms with E-state index in [2.05, 4.69) is 33.5 Å². The zero-order valence-corrected chi connectivity index (χ0v) is 26.4. The zero-order valence-electron chi connectivity index (χ0n) is 22.5. The third kappa shape index (κ3) is 8.97. The third-order valence-electron chi connectivity index (χ3n) is 6.32. The van der Waals surface area contributed by atoms with Gasteiger partial charge in [-0.3, -0.25) is 9.78 Å². The summed E-state index contributed by atoms with van der Waals surface area (Å²) < 4.78 is 39.0. The molecule has 0 aliphatic rings. The average Bonchev–Trinajstić information content (AvgIpc) is 2.94. The van der Waals surface area contributed by atoms with Crippen molar-refractivity contribution in [2.24, 2.45) is 0 Å². The normalized spacial score (nSPS) is 11.5. The zero-order chi connectivity index (χ0) is 30.3. The number of carbonyl (C=O) groups excluding carboxylic acids is 1. The van der Waals surface area contributed by atoms with Crippen molar-refractivity contribution >= 4 is 56.8 Å². The number of nitrogens with one attached hydrogen (secondary N) is 2. The van der Waals surface area contributed by atoms with E-state index in [4.69, 9.17) is 28.2 Å². The molecule has 1 heterocycles. The molecule has 220 valence electrons. The summed E-state index contributed by atoms with van der Waals surface area (Å²) in [5, 5.41) is 7.30. The maximum Gasteiger partial charge on any atom is 0.446 e. The number of pyridine rings is 1. The number of rotatable bonds is 11. The Labute approximate surface area is 265 Å². The lowest BCUT2D eigenvalue weighted by molar-refractivity contribution is -0.0328. The number of aromatic nitrogens is 1. The molecule has 0 saturated heterocycles. The van der Waals surface area contributed by atoms with E-state index in [1.54, 1.807) is 12.1 Å². The molecule has 0 fully saturated rings. The lowest BCUT2D eigenvalue weighted by Crippen LogP contribution is -2.25. The van der Waals surface area contributed by atoms with E-state index in [1.807, 2.05) is 36.4 Å². The monoisotopic (exact) mass is 695 g/mol. The van der Waals surface area contributed by atoms with Gasteiger partial charge in [-0.2, -0.15) is 13.2 Å². The minimum absolute atomic E-state index is 0.0108. The molecule has 4 rings (SSSR count). The van der Waals surface area contributed by atoms with Crippen LogP contribution in [0, 0.1) is 0 Å². The lowest BCUT2D eigenvalue weighted by Gasteiger charge is -2.18. The quantitative estimate of drug-likeness (QED) is 0.121. The van der Waals surface area contributed by atoms with Crippen LogP contribution in [0.4, 0.5) is 13.2 Å². The van der Waals surface area contributed by atoms with Crippen molar-refractivity contribution in [1.29, 1.82) is 0 Å². The van der Waals surface area contributed by atoms with Crippen LogP contribution in [0.2, 0.25) is 10.0 Å². The number of thioether (sulfide) groups is 1. The maximum atomic E-state index is 13.0. The SMILES string of the molecule is CCCCNCc1nc(-c2ccc(Br)cc2)c(-c2ccc(Cl)cc2Cl)cc1CNC(=O)c1ccc(SC(F)(F)F)cc1. The first-order chi connectivity index (χ1) is 20.0. The highest BCUT2D eigenvalue weighted by Gasteiger charge is 2.29. The van der Waals surface area contributed by atoms with Gasteiger partial charge in [-0.1, -0.05) is 70.7 Å². The van der Waals surface area contributed by atoms with Crippen LogP contribution in [0.3, 0.4) is 0 Å². The van der Waals surface area contributed by atoms with Gasteiger partial charge in [0.25, 0.3) is 5.91 Å². The average molecular weight is 697 g/mol. The summed E-state index contributed by atoms with van der Waals surface area (Å²) in [4.78, 5) is 18.1. The Bertz CT molecular complexity index is 1530. The smallest absolute Gasteiger partial charge is 0.348 e. The van der Waals surface area contributed by atoms with E-state index in [1.165, 1.54) is 24.3 Å². The number of halogens is 6. The van der Waals surface area contributed by atoms with Gasteiger partial charge in [0.2, 0.25) is 0 Å². The summed E-state index contributed by atoms with van der Waals surface area (Å²) in [5.74, 6) is -0.411. The highest BCUT2D eigenvalue weighted by molar-refractivity contribution is 9.10. The van der Waals surface area contributed by atoms with Crippen LogP contribution in [0.5, 0.6) is 0 Å². The first kappa shape index (κ1) is 32.4. The Morgan fingerprint density at radius 1 is 0.952 bits per heavy atom. The van der Waals surface area contributed by atoms with Crippen LogP contribution in [-0.2, 0) is 13.1 Å². The van der Waals surface area contributed by atoms with E-state index in [0.717, 1.165) is 57.5 Å². The van der Waals surface area contributed by atoms with Gasteiger partial charge in [-0.15, -0.1) is 0 Å². The highest BCUT2D eigenvalue weighted by Crippen LogP contribution is 2.38. The van der Waals surface area contributed by atoms with Crippen molar-refractivity contribution in [3.8, 4) is 22.4 Å². The minimum Gasteiger partial charge on any atom is -0.348 e. The molecule has 2 N–H and O–H groups in total. The molecule has 42 heavy (non-hydrogen) atoms. The van der Waals surface area contributed by atoms with Crippen LogP contribution in [0.25, 0.3) is 22.4 Å². The van der Waals surface area contributed by atoms with E-state index >= 15 is 0 Å². The molecule has 1 aromatic heterocycles. The predicted octanol–water partition coefficient (Wildman–Crippen LogP) is 9.92. The molecule has 0 bridgehead atoms. The van der Waals surface area contributed by atoms with Crippen molar-refractivity contribution in [3.05, 3.63) is 104 Å². The molecular formula is C31H27BrCl2F3N3OS. The van der Waals surface area contributed by atoms with Crippen molar-refractivity contribution in [1.82, 2.24) is 15.6 Å². The van der Waals surface area contributed by atoms with E-state index in [-0.39, 0.29) is 28.8 Å². The fourth-order valence-corrected chi connectivity index (χ4v) is 5.55. The number of benzene rings is 3. The predicted molar refractivity (Wildman–Crippen MR) is 169 cm³/mol. The molecular weight excluding hydrogens is 670 g/mol. The lowest BCUT2D eigenvalue weighted by atomic mass is 9.96. The van der Waals surface area contributed by atoms with Gasteiger partial charge in [-0.05, 0) is 84.9 Å². The Morgan fingerprint density at radius 2 is 1.67 bits per heavy atom. The molecule has 0 unspecified atom stereocenters. The molecule has 1 amide bonds. The van der Waals surface area contributed by atoms with Gasteiger partial charge < -0.3 is 10.6 Å². The number of nitrogens with zero attached hydrogens (tertiary/aromatic N) is 1. The summed E-state index contributed by atoms with van der Waals surface area (Å²) in [6, 6.07) is 20.4. The number of hydrogen-bond acceptors (Lipinski definition) is 4. The van der Waals surface area contributed by atoms with Gasteiger partial charge in [0.05, 0.1) is 11.4 Å². The van der Waals surface area contributed by atoms with Gasteiger partial charge in [-0.25, -0.2) is 0 Å². The van der Waals surface area contributed by atoms with Crippen molar-refractivity contribution < 1.29 is 18.0 Å². The Morgan fingerprint density at radius 3 is 2.31 bits per heavy atom. The second kappa shape index (κ2) is 14.8. The molecule has 0 saturated carbocycles. The first-order valence-electron chi connectivity index (χ1n) is 13.1. The van der Waals surface area contributed by atoms with Gasteiger partial charge >= 0.3 is 5.51 Å². The summed E-state index contributed by atoms with van der Waals surface area (Å²) in [7, 11) is 0. The topological polar surface area (TPSA) is 54.0 Å². The van der Waals surface area contributed by atoms with Crippen LogP contribution in [0.1, 0.15) is 41.4 Å². The summed E-state index contributed by atoms with van der Waals surface area (Å²) in [5.41, 5.74) is 0.522. The van der Waals surface area contributed by atoms with E-state index < -0.39 is 11.4 Å². The standard InChI is InChI=1S/C31H27BrCl2F3N3OS/c1-2-3-14-38-18-28-21(17-39-30(41)20-6-11-24(12-7-20)42-31(35,36)37)15-26(25-13-10-23(33)16-27(25)34)29(40-28)19-4-8-22(32)9-5-19/h4-13,15-16,38H,2-3,14,17-18H2,1H3,(H,39,41). The molecule has 3 aromatic carbocycles. The van der Waals surface area contributed by atoms with Gasteiger partial charge in [0, 0.05) is 54.8 Å². The van der Waals surface area contributed by atoms with Crippen molar-refractivity contribution in [2.75, 3.05) is 6.54 Å². The van der Waals surface area contributed by atoms with Crippen LogP contribution >= 0.6 is 50.9 Å². The molecule has 0 spiro atoms. The number of amides is 1. The third-order valence-corrected chi connectivity index (χ3v) is 8.13. The number of hydrogen-bond donors (Lipinski definition) is 2. The van der Waals surface area contributed by atoms with E-state index in [0.29, 0.717) is 16.6 Å². The summed E-state index contributed by atoms with van der Waals surface area (Å²) in [6.45, 7) is 3.55. The highest BCUT2D eigenvalue weighted by atomic mass is 79.9. The molecule has 4 nitrogen and oxygen atoms in total. The molecule has 0 atom stereocenters. The largest absolute Gasteiger partial charge is 0.446 e. The van der Waals surface area contributed by atoms with Gasteiger partial charge in [0.1, 0.15) is 0 Å². The second-order valence-electron chi connectivity index (χ2n) is 9.41. The number of alkyl halides is 3. The van der Waals surface area contributed by atoms with E-state index in [9.17, 15) is 18.0 Å². The summed E-state index contributed by atoms with van der Waals surface area (Å²) >= 11 is 16.1. The summed E-state index contributed by atoms with van der Waals surface area (Å²) in [6.07, 6.45) is 2.05. The fraction of sp³-hybridized carbons (Fsp3) is 0.226. The van der Waals surface area contributed by atoms with Gasteiger partial charge in [0.15, 0.2) is 0 Å². The second-order valence-corrected chi connectivity index (χ2v) is 12.3. The maximum absolute atomic E-state index is 13.0. The number of carbonyl (C=O) groups is 1. The molecule has 0 radical (unpaired) electrons. The Kier molecular flexibility index (Phi) is 11.4. The van der Waals surface area contributed by atoms with Crippen molar-refractivity contribution in [3.63, 3.8) is 0 Å². The molecule has 0 aliphatic heterocycles. The van der Waals surface area contributed by atoms with Crippen LogP contribution in [-0.4, -0.2) is 22.9 Å². The molecule has 0 aliphatic carbocycles. The number of unbranched alkanes of at least 4 members (excludes halogenated alkanes) is 1. The first-order valence-corrected chi connectivity index (χ1v) is 15.5. The van der Waals surface area contributed by atoms with Crippen LogP contribution < -0.4 is 10.6 Å². The fourth-order valence-electron chi connectivity index (χ4n) is 4.23. The molecule has 4 aromatic rings. The minimum atomic E-state index is -4.40. The van der Waals surface area contributed by atoms with Crippen LogP contribution in [0.15, 0.2) is 82.2 Å². The molecule has 11 heteroatoms. The Hall–Kier alpha value is -2.56.